The minimum absolute atomic E-state index is 0.101. The molecule has 7 nitrogen and oxygen atoms in total. The third-order valence-corrected chi connectivity index (χ3v) is 9.92. The van der Waals surface area contributed by atoms with E-state index in [1.807, 2.05) is 0 Å². The van der Waals surface area contributed by atoms with Gasteiger partial charge in [0.25, 0.3) is 0 Å². The van der Waals surface area contributed by atoms with Gasteiger partial charge >= 0.3 is 11.9 Å². The van der Waals surface area contributed by atoms with Crippen molar-refractivity contribution in [2.45, 2.75) is 58.0 Å². The highest BCUT2D eigenvalue weighted by Gasteiger charge is 2.67. The lowest BCUT2D eigenvalue weighted by Crippen LogP contribution is -2.59. The Morgan fingerprint density at radius 1 is 1.11 bits per heavy atom. The van der Waals surface area contributed by atoms with Crippen molar-refractivity contribution in [2.75, 3.05) is 13.9 Å². The summed E-state index contributed by atoms with van der Waals surface area (Å²) in [6, 6.07) is 5.01. The highest BCUT2D eigenvalue weighted by molar-refractivity contribution is 6.03. The molecule has 4 saturated carbocycles. The van der Waals surface area contributed by atoms with Crippen LogP contribution in [0.15, 0.2) is 30.4 Å². The van der Waals surface area contributed by atoms with E-state index in [2.05, 4.69) is 13.5 Å². The molecular formula is C28H32O7. The molecule has 0 aromatic heterocycles. The molecule has 1 aromatic carbocycles. The summed E-state index contributed by atoms with van der Waals surface area (Å²) < 4.78 is 22.0. The molecule has 1 aromatic rings. The molecule has 6 rings (SSSR count). The first-order valence-corrected chi connectivity index (χ1v) is 12.7. The predicted octanol–water partition coefficient (Wildman–Crippen LogP) is 4.48. The normalized spacial score (nSPS) is 39.0. The molecule has 1 aliphatic heterocycles. The number of methoxy groups -OCH3 is 1. The summed E-state index contributed by atoms with van der Waals surface area (Å²) in [5.74, 6) is 0.843. The van der Waals surface area contributed by atoms with E-state index < -0.39 is 12.1 Å². The smallest absolute Gasteiger partial charge is 0.338 e. The minimum atomic E-state index is -0.446. The monoisotopic (exact) mass is 480 g/mol. The highest BCUT2D eigenvalue weighted by Crippen LogP contribution is 2.69. The van der Waals surface area contributed by atoms with Crippen molar-refractivity contribution in [3.05, 3.63) is 35.9 Å². The number of benzene rings is 1. The minimum Gasteiger partial charge on any atom is -0.469 e. The van der Waals surface area contributed by atoms with E-state index in [-0.39, 0.29) is 47.1 Å². The fourth-order valence-electron chi connectivity index (χ4n) is 8.45. The van der Waals surface area contributed by atoms with Crippen molar-refractivity contribution in [2.24, 2.45) is 34.5 Å². The van der Waals surface area contributed by atoms with Gasteiger partial charge in [0.1, 0.15) is 6.10 Å². The van der Waals surface area contributed by atoms with E-state index >= 15 is 0 Å². The van der Waals surface area contributed by atoms with Crippen LogP contribution in [0.1, 0.15) is 62.2 Å². The second-order valence-corrected chi connectivity index (χ2v) is 11.4. The zero-order chi connectivity index (χ0) is 24.5. The molecule has 0 N–H and O–H groups in total. The molecule has 1 spiro atoms. The number of fused-ring (bicyclic) bond motifs is 4. The number of esters is 2. The van der Waals surface area contributed by atoms with Crippen molar-refractivity contribution < 1.29 is 33.3 Å². The summed E-state index contributed by atoms with van der Waals surface area (Å²) in [6.07, 6.45) is 5.03. The Bertz CT molecular complexity index is 1120. The quantitative estimate of drug-likeness (QED) is 0.465. The van der Waals surface area contributed by atoms with Crippen LogP contribution in [0, 0.1) is 34.5 Å². The lowest BCUT2D eigenvalue weighted by Gasteiger charge is -2.61. The van der Waals surface area contributed by atoms with Crippen molar-refractivity contribution in [3.8, 4) is 11.5 Å². The van der Waals surface area contributed by atoms with Gasteiger partial charge in [0.15, 0.2) is 17.3 Å². The van der Waals surface area contributed by atoms with Gasteiger partial charge in [-0.3, -0.25) is 9.59 Å². The molecule has 1 unspecified atom stereocenters. The summed E-state index contributed by atoms with van der Waals surface area (Å²) in [6.45, 7) is 6.50. The van der Waals surface area contributed by atoms with Crippen molar-refractivity contribution >= 4 is 17.7 Å². The van der Waals surface area contributed by atoms with Gasteiger partial charge in [0, 0.05) is 5.41 Å². The van der Waals surface area contributed by atoms with Crippen molar-refractivity contribution in [3.63, 3.8) is 0 Å². The summed E-state index contributed by atoms with van der Waals surface area (Å²) in [4.78, 5) is 39.5. The Hall–Kier alpha value is -2.83. The van der Waals surface area contributed by atoms with E-state index in [0.29, 0.717) is 35.8 Å². The van der Waals surface area contributed by atoms with Gasteiger partial charge in [-0.2, -0.15) is 0 Å². The fraction of sp³-hybridized carbons (Fsp3) is 0.607. The standard InChI is InChI=1S/C28H32O7/c1-15-17-5-7-23-27(2)13-18(35-25(30)16-4-6-21-22(10-16)34-14-33-21)11-19(26(31)32-3)20(27)8-9-28(23,12-17)24(15)29/h4,6,10,17-20,23H,1,5,7-9,11-14H2,2-3H3/t17-,18-,19-,20?,23+,27-,28-/m1/s1. The van der Waals surface area contributed by atoms with E-state index in [1.54, 1.807) is 18.2 Å². The Morgan fingerprint density at radius 3 is 2.71 bits per heavy atom. The van der Waals surface area contributed by atoms with Crippen LogP contribution < -0.4 is 9.47 Å². The Balaban J connectivity index is 1.31. The number of hydrogen-bond acceptors (Lipinski definition) is 7. The zero-order valence-electron chi connectivity index (χ0n) is 20.3. The van der Waals surface area contributed by atoms with Gasteiger partial charge < -0.3 is 18.9 Å². The van der Waals surface area contributed by atoms with E-state index in [9.17, 15) is 14.4 Å². The summed E-state index contributed by atoms with van der Waals surface area (Å²) in [5, 5.41) is 0. The van der Waals surface area contributed by atoms with Gasteiger partial charge in [-0.1, -0.05) is 13.5 Å². The molecule has 2 bridgehead atoms. The van der Waals surface area contributed by atoms with Crippen LogP contribution in [-0.4, -0.2) is 37.7 Å². The number of carbonyl (C=O) groups excluding carboxylic acids is 3. The summed E-state index contributed by atoms with van der Waals surface area (Å²) >= 11 is 0. The van der Waals surface area contributed by atoms with Gasteiger partial charge in [0.05, 0.1) is 18.6 Å². The lowest BCUT2D eigenvalue weighted by molar-refractivity contribution is -0.178. The average Bonchev–Trinajstić information content (AvgIpc) is 3.39. The molecule has 186 valence electrons. The van der Waals surface area contributed by atoms with Crippen LogP contribution in [0.5, 0.6) is 11.5 Å². The topological polar surface area (TPSA) is 88.1 Å². The molecule has 0 saturated heterocycles. The molecule has 0 radical (unpaired) electrons. The zero-order valence-corrected chi connectivity index (χ0v) is 20.3. The molecule has 35 heavy (non-hydrogen) atoms. The van der Waals surface area contributed by atoms with Crippen molar-refractivity contribution in [1.29, 1.82) is 0 Å². The molecule has 7 atom stereocenters. The van der Waals surface area contributed by atoms with Crippen LogP contribution in [0.3, 0.4) is 0 Å². The van der Waals surface area contributed by atoms with E-state index in [0.717, 1.165) is 37.7 Å². The van der Waals surface area contributed by atoms with Crippen LogP contribution in [-0.2, 0) is 19.1 Å². The molecule has 0 amide bonds. The second kappa shape index (κ2) is 7.84. The Morgan fingerprint density at radius 2 is 1.91 bits per heavy atom. The number of ether oxygens (including phenoxy) is 4. The Labute approximate surface area is 205 Å². The first kappa shape index (κ1) is 22.6. The van der Waals surface area contributed by atoms with Gasteiger partial charge in [-0.05, 0) is 91.9 Å². The summed E-state index contributed by atoms with van der Waals surface area (Å²) in [7, 11) is 1.42. The molecule has 4 aliphatic carbocycles. The number of Topliss-reactive ketones (excluding diaryl/α,β-unsaturated/α-hetero) is 1. The number of allylic oxidation sites excluding steroid dienone is 1. The van der Waals surface area contributed by atoms with Gasteiger partial charge in [-0.25, -0.2) is 4.79 Å². The van der Waals surface area contributed by atoms with E-state index in [1.165, 1.54) is 7.11 Å². The number of ketones is 1. The fourth-order valence-corrected chi connectivity index (χ4v) is 8.45. The Kier molecular flexibility index (Phi) is 5.07. The van der Waals surface area contributed by atoms with Crippen LogP contribution >= 0.6 is 0 Å². The predicted molar refractivity (Wildman–Crippen MR) is 125 cm³/mol. The maximum Gasteiger partial charge on any atom is 0.338 e. The van der Waals surface area contributed by atoms with E-state index in [4.69, 9.17) is 18.9 Å². The SMILES string of the molecule is C=C1C(=O)[C@@]23CCC4[C@H](C(=O)OC)C[C@@H](OC(=O)c5ccc6c(c5)OCO6)C[C@@]4(C)[C@@H]2CC[C@@H]1C3. The second-order valence-electron chi connectivity index (χ2n) is 11.4. The molecule has 1 heterocycles. The molecule has 4 fully saturated rings. The molecular weight excluding hydrogens is 448 g/mol. The van der Waals surface area contributed by atoms with Crippen LogP contribution in [0.2, 0.25) is 0 Å². The average molecular weight is 481 g/mol. The number of hydrogen-bond donors (Lipinski definition) is 0. The lowest BCUT2D eigenvalue weighted by atomic mass is 9.43. The maximum absolute atomic E-state index is 13.5. The maximum atomic E-state index is 13.5. The third kappa shape index (κ3) is 3.19. The number of carbonyl (C=O) groups is 3. The summed E-state index contributed by atoms with van der Waals surface area (Å²) in [5.41, 5.74) is 0.495. The van der Waals surface area contributed by atoms with Gasteiger partial charge in [0.2, 0.25) is 6.79 Å². The molecule has 5 aliphatic rings. The van der Waals surface area contributed by atoms with Crippen LogP contribution in [0.4, 0.5) is 0 Å². The number of rotatable bonds is 3. The van der Waals surface area contributed by atoms with Gasteiger partial charge in [-0.15, -0.1) is 0 Å². The van der Waals surface area contributed by atoms with Crippen molar-refractivity contribution in [1.82, 2.24) is 0 Å². The van der Waals surface area contributed by atoms with Crippen LogP contribution in [0.25, 0.3) is 0 Å². The largest absolute Gasteiger partial charge is 0.469 e. The highest BCUT2D eigenvalue weighted by atomic mass is 16.7. The molecule has 7 heteroatoms. The third-order valence-electron chi connectivity index (χ3n) is 9.92. The first-order chi connectivity index (χ1) is 16.8. The first-order valence-electron chi connectivity index (χ1n) is 12.7.